The molecule has 2 amide bonds. The van der Waals surface area contributed by atoms with Crippen molar-refractivity contribution in [2.24, 2.45) is 0 Å². The van der Waals surface area contributed by atoms with Crippen molar-refractivity contribution in [3.8, 4) is 0 Å². The third-order valence-electron chi connectivity index (χ3n) is 5.44. The molecule has 0 aliphatic carbocycles. The largest absolute Gasteiger partial charge is 0.352 e. The zero-order valence-corrected chi connectivity index (χ0v) is 21.3. The van der Waals surface area contributed by atoms with Gasteiger partial charge >= 0.3 is 0 Å². The molecule has 1 N–H and O–H groups in total. The number of hydrogen-bond acceptors (Lipinski definition) is 4. The van der Waals surface area contributed by atoms with Gasteiger partial charge in [0.15, 0.2) is 0 Å². The maximum Gasteiger partial charge on any atom is 0.244 e. The van der Waals surface area contributed by atoms with E-state index in [-0.39, 0.29) is 29.2 Å². The molecule has 2 unspecified atom stereocenters. The number of carbonyl (C=O) groups excluding carboxylic acids is 2. The molecule has 0 aliphatic heterocycles. The lowest BCUT2D eigenvalue weighted by Gasteiger charge is -2.32. The van der Waals surface area contributed by atoms with Gasteiger partial charge in [0.05, 0.1) is 17.0 Å². The third-order valence-corrected chi connectivity index (χ3v) is 6.89. The van der Waals surface area contributed by atoms with Crippen molar-refractivity contribution in [3.63, 3.8) is 0 Å². The molecule has 0 heterocycles. The summed E-state index contributed by atoms with van der Waals surface area (Å²) >= 11 is 6.22. The standard InChI is InChI=1S/C24H32ClN3O4S/c1-6-18(3)26-24(30)19(4)27(15-20-13-11-17(2)12-14-20)23(29)16-28(33(5,31)32)22-10-8-7-9-21(22)25/h7-14,18-19H,6,15-16H2,1-5H3,(H,26,30). The number of para-hydroxylation sites is 1. The van der Waals surface area contributed by atoms with Crippen LogP contribution in [0.25, 0.3) is 0 Å². The molecule has 2 aromatic rings. The van der Waals surface area contributed by atoms with E-state index in [0.29, 0.717) is 0 Å². The average Bonchev–Trinajstić information content (AvgIpc) is 2.76. The van der Waals surface area contributed by atoms with Crippen molar-refractivity contribution in [2.45, 2.75) is 52.7 Å². The molecule has 0 bridgehead atoms. The van der Waals surface area contributed by atoms with Gasteiger partial charge in [-0.3, -0.25) is 13.9 Å². The fraction of sp³-hybridized carbons (Fsp3) is 0.417. The number of sulfonamides is 1. The zero-order valence-electron chi connectivity index (χ0n) is 19.7. The molecular weight excluding hydrogens is 462 g/mol. The quantitative estimate of drug-likeness (QED) is 0.546. The highest BCUT2D eigenvalue weighted by Gasteiger charge is 2.31. The van der Waals surface area contributed by atoms with Gasteiger partial charge in [0.25, 0.3) is 0 Å². The summed E-state index contributed by atoms with van der Waals surface area (Å²) in [7, 11) is -3.82. The van der Waals surface area contributed by atoms with Crippen LogP contribution in [-0.2, 0) is 26.2 Å². The van der Waals surface area contributed by atoms with Gasteiger partial charge in [-0.2, -0.15) is 0 Å². The lowest BCUT2D eigenvalue weighted by Crippen LogP contribution is -2.52. The molecule has 0 saturated carbocycles. The van der Waals surface area contributed by atoms with E-state index in [2.05, 4.69) is 5.32 Å². The van der Waals surface area contributed by atoms with Crippen molar-refractivity contribution in [2.75, 3.05) is 17.1 Å². The number of anilines is 1. The zero-order chi connectivity index (χ0) is 24.8. The van der Waals surface area contributed by atoms with E-state index >= 15 is 0 Å². The Kier molecular flexibility index (Phi) is 9.31. The van der Waals surface area contributed by atoms with Crippen LogP contribution in [0.2, 0.25) is 5.02 Å². The van der Waals surface area contributed by atoms with Crippen LogP contribution in [0.1, 0.15) is 38.3 Å². The molecule has 0 radical (unpaired) electrons. The summed E-state index contributed by atoms with van der Waals surface area (Å²) in [4.78, 5) is 27.7. The first-order chi connectivity index (χ1) is 15.4. The number of carbonyl (C=O) groups is 2. The van der Waals surface area contributed by atoms with Gasteiger partial charge in [-0.1, -0.05) is 60.5 Å². The number of rotatable bonds is 10. The maximum atomic E-state index is 13.5. The number of hydrogen-bond donors (Lipinski definition) is 1. The van der Waals surface area contributed by atoms with E-state index in [0.717, 1.165) is 28.1 Å². The summed E-state index contributed by atoms with van der Waals surface area (Å²) in [6.07, 6.45) is 1.77. The predicted molar refractivity (Wildman–Crippen MR) is 133 cm³/mol. The van der Waals surface area contributed by atoms with Crippen molar-refractivity contribution in [1.29, 1.82) is 0 Å². The predicted octanol–water partition coefficient (Wildman–Crippen LogP) is 3.75. The number of aryl methyl sites for hydroxylation is 1. The van der Waals surface area contributed by atoms with Crippen molar-refractivity contribution in [1.82, 2.24) is 10.2 Å². The molecule has 0 aromatic heterocycles. The maximum absolute atomic E-state index is 13.5. The van der Waals surface area contributed by atoms with Gasteiger partial charge in [-0.05, 0) is 44.9 Å². The van der Waals surface area contributed by atoms with E-state index in [9.17, 15) is 18.0 Å². The summed E-state index contributed by atoms with van der Waals surface area (Å²) in [5.41, 5.74) is 2.11. The summed E-state index contributed by atoms with van der Waals surface area (Å²) in [5, 5.41) is 3.11. The Morgan fingerprint density at radius 2 is 1.67 bits per heavy atom. The number of nitrogens with one attached hydrogen (secondary N) is 1. The van der Waals surface area contributed by atoms with Crippen LogP contribution >= 0.6 is 11.6 Å². The van der Waals surface area contributed by atoms with Gasteiger partial charge in [-0.25, -0.2) is 8.42 Å². The molecule has 2 rings (SSSR count). The van der Waals surface area contributed by atoms with Crippen LogP contribution in [-0.4, -0.2) is 50.0 Å². The lowest BCUT2D eigenvalue weighted by atomic mass is 10.1. The van der Waals surface area contributed by atoms with Crippen molar-refractivity contribution < 1.29 is 18.0 Å². The number of nitrogens with zero attached hydrogens (tertiary/aromatic N) is 2. The van der Waals surface area contributed by atoms with Crippen LogP contribution in [0, 0.1) is 6.92 Å². The van der Waals surface area contributed by atoms with Crippen LogP contribution in [0.3, 0.4) is 0 Å². The van der Waals surface area contributed by atoms with Crippen molar-refractivity contribution >= 4 is 39.1 Å². The Bertz CT molecular complexity index is 1070. The Balaban J connectivity index is 2.39. The summed E-state index contributed by atoms with van der Waals surface area (Å²) in [5.74, 6) is -0.804. The number of amides is 2. The molecule has 9 heteroatoms. The summed E-state index contributed by atoms with van der Waals surface area (Å²) in [6.45, 7) is 7.13. The molecule has 0 spiro atoms. The van der Waals surface area contributed by atoms with E-state index in [4.69, 9.17) is 11.6 Å². The highest BCUT2D eigenvalue weighted by atomic mass is 35.5. The third kappa shape index (κ3) is 7.47. The van der Waals surface area contributed by atoms with Gasteiger partial charge < -0.3 is 10.2 Å². The van der Waals surface area contributed by atoms with E-state index in [1.54, 1.807) is 31.2 Å². The molecule has 0 aliphatic rings. The van der Waals surface area contributed by atoms with Crippen LogP contribution in [0.4, 0.5) is 5.69 Å². The number of halogens is 1. The Hall–Kier alpha value is -2.58. The first-order valence-electron chi connectivity index (χ1n) is 10.8. The first-order valence-corrected chi connectivity index (χ1v) is 13.0. The second-order valence-electron chi connectivity index (χ2n) is 8.22. The van der Waals surface area contributed by atoms with Crippen molar-refractivity contribution in [3.05, 3.63) is 64.7 Å². The SMILES string of the molecule is CCC(C)NC(=O)C(C)N(Cc1ccc(C)cc1)C(=O)CN(c1ccccc1Cl)S(C)(=O)=O. The highest BCUT2D eigenvalue weighted by molar-refractivity contribution is 7.92. The topological polar surface area (TPSA) is 86.8 Å². The van der Waals surface area contributed by atoms with Crippen LogP contribution in [0.5, 0.6) is 0 Å². The number of benzene rings is 2. The molecular formula is C24H32ClN3O4S. The fourth-order valence-corrected chi connectivity index (χ4v) is 4.34. The minimum Gasteiger partial charge on any atom is -0.352 e. The molecule has 0 fully saturated rings. The normalized spacial score (nSPS) is 13.2. The van der Waals surface area contributed by atoms with Crippen LogP contribution in [0.15, 0.2) is 48.5 Å². The molecule has 0 saturated heterocycles. The Morgan fingerprint density at radius 3 is 2.21 bits per heavy atom. The second-order valence-corrected chi connectivity index (χ2v) is 10.5. The minimum atomic E-state index is -3.82. The van der Waals surface area contributed by atoms with Gasteiger partial charge in [-0.15, -0.1) is 0 Å². The molecule has 33 heavy (non-hydrogen) atoms. The monoisotopic (exact) mass is 493 g/mol. The average molecular weight is 494 g/mol. The smallest absolute Gasteiger partial charge is 0.244 e. The van der Waals surface area contributed by atoms with Gasteiger partial charge in [0.1, 0.15) is 12.6 Å². The van der Waals surface area contributed by atoms with Crippen LogP contribution < -0.4 is 9.62 Å². The Morgan fingerprint density at radius 1 is 1.06 bits per heavy atom. The van der Waals surface area contributed by atoms with E-state index < -0.39 is 28.5 Å². The molecule has 2 aromatic carbocycles. The summed E-state index contributed by atoms with van der Waals surface area (Å²) in [6, 6.07) is 13.2. The minimum absolute atomic E-state index is 0.0491. The highest BCUT2D eigenvalue weighted by Crippen LogP contribution is 2.27. The first kappa shape index (κ1) is 26.7. The van der Waals surface area contributed by atoms with Gasteiger partial charge in [0.2, 0.25) is 21.8 Å². The lowest BCUT2D eigenvalue weighted by molar-refractivity contribution is -0.139. The second kappa shape index (κ2) is 11.5. The molecule has 180 valence electrons. The van der Waals surface area contributed by atoms with E-state index in [1.807, 2.05) is 45.0 Å². The van der Waals surface area contributed by atoms with Gasteiger partial charge in [0, 0.05) is 12.6 Å². The fourth-order valence-electron chi connectivity index (χ4n) is 3.19. The molecule has 2 atom stereocenters. The summed E-state index contributed by atoms with van der Waals surface area (Å²) < 4.78 is 26.1. The van der Waals surface area contributed by atoms with E-state index in [1.165, 1.54) is 4.90 Å². The molecule has 7 nitrogen and oxygen atoms in total. The Labute approximate surface area is 201 Å².